The van der Waals surface area contributed by atoms with Crippen LogP contribution in [0.4, 0.5) is 0 Å². The topological polar surface area (TPSA) is 56.8 Å². The fraction of sp³-hybridized carbons (Fsp3) is 0.500. The molecule has 6 heteroatoms. The van der Waals surface area contributed by atoms with Crippen LogP contribution in [0.2, 0.25) is 0 Å². The molecule has 0 radical (unpaired) electrons. The maximum Gasteiger partial charge on any atom is 0.280 e. The van der Waals surface area contributed by atoms with Crippen molar-refractivity contribution in [2.75, 3.05) is 34.0 Å². The summed E-state index contributed by atoms with van der Waals surface area (Å²) >= 11 is 0. The highest BCUT2D eigenvalue weighted by molar-refractivity contribution is 5.79. The molecule has 6 nitrogen and oxygen atoms in total. The zero-order chi connectivity index (χ0) is 13.9. The molecule has 1 fully saturated rings. The molecule has 1 N–H and O–H groups in total. The third kappa shape index (κ3) is 1.39. The molecular formula is C14H17N2O4+. The minimum Gasteiger partial charge on any atom is -0.492 e. The summed E-state index contributed by atoms with van der Waals surface area (Å²) in [5.74, 6) is 2.18. The van der Waals surface area contributed by atoms with Gasteiger partial charge in [-0.2, -0.15) is 0 Å². The van der Waals surface area contributed by atoms with E-state index in [1.165, 1.54) is 5.56 Å². The van der Waals surface area contributed by atoms with Gasteiger partial charge in [-0.3, -0.25) is 14.6 Å². The van der Waals surface area contributed by atoms with Crippen LogP contribution in [-0.2, 0) is 11.2 Å². The number of methoxy groups -OCH3 is 1. The Morgan fingerprint density at radius 2 is 2.30 bits per heavy atom. The number of benzene rings is 1. The molecule has 1 saturated heterocycles. The second-order valence-corrected chi connectivity index (χ2v) is 5.80. The lowest BCUT2D eigenvalue weighted by Gasteiger charge is -2.39. The SMILES string of the molecule is COc1c2c(cc3c1[C@@H]1NC(=O)C[N+]1(C)CC3)OCO2. The Labute approximate surface area is 116 Å². The van der Waals surface area contributed by atoms with Crippen LogP contribution in [-0.4, -0.2) is 44.4 Å². The van der Waals surface area contributed by atoms with E-state index in [0.717, 1.165) is 24.3 Å². The average molecular weight is 277 g/mol. The van der Waals surface area contributed by atoms with Crippen molar-refractivity contribution < 1.29 is 23.5 Å². The van der Waals surface area contributed by atoms with Gasteiger partial charge in [-0.1, -0.05) is 0 Å². The van der Waals surface area contributed by atoms with Crippen molar-refractivity contribution >= 4 is 5.91 Å². The Bertz CT molecular complexity index is 616. The average Bonchev–Trinajstić information content (AvgIpc) is 2.98. The van der Waals surface area contributed by atoms with Gasteiger partial charge in [0.15, 0.2) is 24.2 Å². The minimum atomic E-state index is -0.0595. The van der Waals surface area contributed by atoms with Gasteiger partial charge in [0.05, 0.1) is 26.3 Å². The van der Waals surface area contributed by atoms with Crippen LogP contribution < -0.4 is 19.5 Å². The predicted octanol–water partition coefficient (Wildman–Crippen LogP) is 0.555. The fourth-order valence-electron chi connectivity index (χ4n) is 3.53. The summed E-state index contributed by atoms with van der Waals surface area (Å²) < 4.78 is 17.3. The molecule has 0 bridgehead atoms. The molecule has 106 valence electrons. The van der Waals surface area contributed by atoms with Crippen molar-refractivity contribution in [2.24, 2.45) is 0 Å². The normalized spacial score (nSPS) is 29.7. The van der Waals surface area contributed by atoms with E-state index in [1.54, 1.807) is 7.11 Å². The summed E-state index contributed by atoms with van der Waals surface area (Å²) in [5, 5.41) is 3.08. The Hall–Kier alpha value is -1.95. The number of nitrogens with one attached hydrogen (secondary N) is 1. The van der Waals surface area contributed by atoms with Gasteiger partial charge in [0, 0.05) is 6.42 Å². The molecule has 3 heterocycles. The number of rotatable bonds is 1. The summed E-state index contributed by atoms with van der Waals surface area (Å²) in [7, 11) is 3.74. The van der Waals surface area contributed by atoms with Crippen molar-refractivity contribution in [1.29, 1.82) is 0 Å². The Morgan fingerprint density at radius 3 is 3.10 bits per heavy atom. The summed E-state index contributed by atoms with van der Waals surface area (Å²) in [6.45, 7) is 1.67. The van der Waals surface area contributed by atoms with Crippen molar-refractivity contribution in [2.45, 2.75) is 12.6 Å². The number of nitrogens with zero attached hydrogens (tertiary/aromatic N) is 1. The van der Waals surface area contributed by atoms with Gasteiger partial charge in [-0.15, -0.1) is 0 Å². The number of ether oxygens (including phenoxy) is 3. The third-order valence-electron chi connectivity index (χ3n) is 4.54. The van der Waals surface area contributed by atoms with Gasteiger partial charge < -0.3 is 14.2 Å². The lowest BCUT2D eigenvalue weighted by atomic mass is 9.94. The number of hydrogen-bond acceptors (Lipinski definition) is 4. The number of amides is 1. The minimum absolute atomic E-state index is 0.0595. The first-order valence-corrected chi connectivity index (χ1v) is 6.75. The van der Waals surface area contributed by atoms with Crippen molar-refractivity contribution in [1.82, 2.24) is 5.32 Å². The highest BCUT2D eigenvalue weighted by atomic mass is 16.7. The summed E-state index contributed by atoms with van der Waals surface area (Å²) in [4.78, 5) is 11.8. The van der Waals surface area contributed by atoms with Gasteiger partial charge in [0.1, 0.15) is 0 Å². The maximum absolute atomic E-state index is 11.8. The van der Waals surface area contributed by atoms with Crippen LogP contribution in [0.25, 0.3) is 0 Å². The second kappa shape index (κ2) is 3.79. The number of fused-ring (bicyclic) bond motifs is 4. The number of likely N-dealkylation sites (N-methyl/N-ethyl adjacent to an activating group) is 1. The van der Waals surface area contributed by atoms with Crippen LogP contribution in [0.5, 0.6) is 17.2 Å². The molecule has 0 aromatic heterocycles. The molecule has 1 aromatic carbocycles. The quantitative estimate of drug-likeness (QED) is 0.762. The van der Waals surface area contributed by atoms with E-state index in [-0.39, 0.29) is 18.9 Å². The Balaban J connectivity index is 1.93. The van der Waals surface area contributed by atoms with Gasteiger partial charge >= 0.3 is 0 Å². The highest BCUT2D eigenvalue weighted by Gasteiger charge is 2.49. The first-order chi connectivity index (χ1) is 9.62. The Kier molecular flexibility index (Phi) is 2.24. The van der Waals surface area contributed by atoms with E-state index in [2.05, 4.69) is 12.4 Å². The molecular weight excluding hydrogens is 260 g/mol. The summed E-state index contributed by atoms with van der Waals surface area (Å²) in [6, 6.07) is 2.02. The Morgan fingerprint density at radius 1 is 1.45 bits per heavy atom. The van der Waals surface area contributed by atoms with E-state index in [0.29, 0.717) is 22.5 Å². The van der Waals surface area contributed by atoms with Gasteiger partial charge in [-0.05, 0) is 11.6 Å². The lowest BCUT2D eigenvalue weighted by molar-refractivity contribution is -0.927. The predicted molar refractivity (Wildman–Crippen MR) is 69.6 cm³/mol. The van der Waals surface area contributed by atoms with Crippen molar-refractivity contribution in [3.8, 4) is 17.2 Å². The van der Waals surface area contributed by atoms with Crippen molar-refractivity contribution in [3.63, 3.8) is 0 Å². The molecule has 1 aromatic rings. The molecule has 4 rings (SSSR count). The van der Waals surface area contributed by atoms with Gasteiger partial charge in [0.2, 0.25) is 12.5 Å². The van der Waals surface area contributed by atoms with Crippen LogP contribution in [0.15, 0.2) is 6.07 Å². The summed E-state index contributed by atoms with van der Waals surface area (Å²) in [6.07, 6.45) is 0.847. The molecule has 1 amide bonds. The number of hydrogen-bond donors (Lipinski definition) is 1. The molecule has 2 atom stereocenters. The van der Waals surface area contributed by atoms with Crippen LogP contribution in [0.3, 0.4) is 0 Å². The van der Waals surface area contributed by atoms with Crippen LogP contribution in [0, 0.1) is 0 Å². The molecule has 3 aliphatic heterocycles. The third-order valence-corrected chi connectivity index (χ3v) is 4.54. The lowest BCUT2D eigenvalue weighted by Crippen LogP contribution is -2.49. The van der Waals surface area contributed by atoms with Crippen LogP contribution >= 0.6 is 0 Å². The molecule has 0 saturated carbocycles. The zero-order valence-corrected chi connectivity index (χ0v) is 11.6. The van der Waals surface area contributed by atoms with E-state index in [4.69, 9.17) is 14.2 Å². The van der Waals surface area contributed by atoms with Gasteiger partial charge in [0.25, 0.3) is 5.91 Å². The molecule has 0 aliphatic carbocycles. The molecule has 0 spiro atoms. The van der Waals surface area contributed by atoms with E-state index in [9.17, 15) is 4.79 Å². The van der Waals surface area contributed by atoms with E-state index >= 15 is 0 Å². The van der Waals surface area contributed by atoms with Crippen molar-refractivity contribution in [3.05, 3.63) is 17.2 Å². The first kappa shape index (κ1) is 11.8. The standard InChI is InChI=1S/C14H16N2O4/c1-16-4-3-8-5-9-12(20-7-19-9)13(18-2)11(8)14(16)15-10(17)6-16/h5,14H,3-4,6-7H2,1-2H3/p+1/t14-,16?/m1/s1. The largest absolute Gasteiger partial charge is 0.492 e. The van der Waals surface area contributed by atoms with E-state index in [1.807, 2.05) is 6.07 Å². The number of carbonyl (C=O) groups excluding carboxylic acids is 1. The molecule has 20 heavy (non-hydrogen) atoms. The monoisotopic (exact) mass is 277 g/mol. The second-order valence-electron chi connectivity index (χ2n) is 5.80. The summed E-state index contributed by atoms with van der Waals surface area (Å²) in [5.41, 5.74) is 2.21. The molecule has 1 unspecified atom stereocenters. The maximum atomic E-state index is 11.8. The number of quaternary nitrogens is 1. The van der Waals surface area contributed by atoms with Crippen LogP contribution in [0.1, 0.15) is 17.3 Å². The highest BCUT2D eigenvalue weighted by Crippen LogP contribution is 2.50. The number of carbonyl (C=O) groups is 1. The van der Waals surface area contributed by atoms with Gasteiger partial charge in [-0.25, -0.2) is 0 Å². The fourth-order valence-corrected chi connectivity index (χ4v) is 3.53. The first-order valence-electron chi connectivity index (χ1n) is 6.75. The zero-order valence-electron chi connectivity index (χ0n) is 11.6. The van der Waals surface area contributed by atoms with E-state index < -0.39 is 0 Å². The smallest absolute Gasteiger partial charge is 0.280 e. The molecule has 3 aliphatic rings.